The number of pyridine rings is 1. The van der Waals surface area contributed by atoms with Gasteiger partial charge in [0.15, 0.2) is 11.3 Å². The van der Waals surface area contributed by atoms with Crippen LogP contribution >= 0.6 is 0 Å². The van der Waals surface area contributed by atoms with Gasteiger partial charge in [-0.2, -0.15) is 0 Å². The van der Waals surface area contributed by atoms with Crippen LogP contribution in [0.3, 0.4) is 0 Å². The summed E-state index contributed by atoms with van der Waals surface area (Å²) >= 11 is 0. The second kappa shape index (κ2) is 4.44. The highest BCUT2D eigenvalue weighted by Gasteiger charge is 2.12. The number of carboxylic acid groups (broad SMARTS) is 1. The van der Waals surface area contributed by atoms with Crippen molar-refractivity contribution in [2.75, 3.05) is 0 Å². The quantitative estimate of drug-likeness (QED) is 0.808. The van der Waals surface area contributed by atoms with Crippen molar-refractivity contribution >= 4 is 17.0 Å². The van der Waals surface area contributed by atoms with Gasteiger partial charge in [-0.15, -0.1) is 0 Å². The second-order valence-electron chi connectivity index (χ2n) is 3.78. The highest BCUT2D eigenvalue weighted by atomic mass is 16.4. The van der Waals surface area contributed by atoms with E-state index in [-0.39, 0.29) is 16.7 Å². The highest BCUT2D eigenvalue weighted by molar-refractivity contribution is 5.88. The number of nitrogens with one attached hydrogen (secondary N) is 1. The first-order valence-electron chi connectivity index (χ1n) is 5.41. The smallest absolute Gasteiger partial charge is 0.354 e. The predicted octanol–water partition coefficient (Wildman–Crippen LogP) is 0.193. The van der Waals surface area contributed by atoms with Crippen LogP contribution in [-0.4, -0.2) is 25.6 Å². The van der Waals surface area contributed by atoms with E-state index in [4.69, 9.17) is 5.11 Å². The summed E-state index contributed by atoms with van der Waals surface area (Å²) in [5.74, 6) is -1.20. The summed E-state index contributed by atoms with van der Waals surface area (Å²) in [7, 11) is 0. The van der Waals surface area contributed by atoms with Gasteiger partial charge >= 0.3 is 11.7 Å². The lowest BCUT2D eigenvalue weighted by Crippen LogP contribution is -2.31. The second-order valence-corrected chi connectivity index (χ2v) is 3.78. The minimum atomic E-state index is -1.20. The Morgan fingerprint density at radius 3 is 2.78 bits per heavy atom. The first-order chi connectivity index (χ1) is 8.54. The summed E-state index contributed by atoms with van der Waals surface area (Å²) in [5.41, 5.74) is -1.24. The van der Waals surface area contributed by atoms with Crippen LogP contribution in [0.5, 0.6) is 0 Å². The largest absolute Gasteiger partial charge is 0.477 e. The zero-order valence-electron chi connectivity index (χ0n) is 9.64. The minimum absolute atomic E-state index is 0.102. The molecule has 0 spiro atoms. The van der Waals surface area contributed by atoms with Crippen molar-refractivity contribution in [3.05, 3.63) is 38.7 Å². The van der Waals surface area contributed by atoms with E-state index in [2.05, 4.69) is 9.97 Å². The number of hydrogen-bond donors (Lipinski definition) is 2. The molecule has 0 saturated carbocycles. The number of carbonyl (C=O) groups is 1. The normalized spacial score (nSPS) is 10.7. The molecule has 7 nitrogen and oxygen atoms in total. The molecule has 0 bridgehead atoms. The van der Waals surface area contributed by atoms with Crippen LogP contribution in [-0.2, 0) is 6.54 Å². The van der Waals surface area contributed by atoms with Gasteiger partial charge in [0.2, 0.25) is 0 Å². The lowest BCUT2D eigenvalue weighted by molar-refractivity contribution is 0.0691. The van der Waals surface area contributed by atoms with Gasteiger partial charge in [-0.25, -0.2) is 14.6 Å². The van der Waals surface area contributed by atoms with Gasteiger partial charge in [0.05, 0.1) is 5.39 Å². The average Bonchev–Trinajstić information content (AvgIpc) is 2.33. The molecule has 0 aliphatic heterocycles. The van der Waals surface area contributed by atoms with Crippen LogP contribution < -0.4 is 11.2 Å². The van der Waals surface area contributed by atoms with E-state index in [1.54, 1.807) is 0 Å². The molecule has 0 aliphatic rings. The fourth-order valence-corrected chi connectivity index (χ4v) is 1.71. The van der Waals surface area contributed by atoms with Gasteiger partial charge in [-0.05, 0) is 18.6 Å². The summed E-state index contributed by atoms with van der Waals surface area (Å²) in [6.07, 6.45) is 0.667. The van der Waals surface area contributed by atoms with E-state index < -0.39 is 17.2 Å². The Bertz CT molecular complexity index is 729. The van der Waals surface area contributed by atoms with Crippen molar-refractivity contribution in [2.45, 2.75) is 19.9 Å². The fraction of sp³-hybridized carbons (Fsp3) is 0.273. The molecule has 0 fully saturated rings. The Morgan fingerprint density at radius 1 is 1.44 bits per heavy atom. The molecule has 0 unspecified atom stereocenters. The Kier molecular flexibility index (Phi) is 2.97. The van der Waals surface area contributed by atoms with Crippen molar-refractivity contribution in [3.63, 3.8) is 0 Å². The van der Waals surface area contributed by atoms with Gasteiger partial charge in [0.1, 0.15) is 0 Å². The van der Waals surface area contributed by atoms with E-state index in [1.165, 1.54) is 16.7 Å². The number of aromatic carboxylic acids is 1. The molecular weight excluding hydrogens is 238 g/mol. The molecule has 2 aromatic heterocycles. The van der Waals surface area contributed by atoms with E-state index >= 15 is 0 Å². The van der Waals surface area contributed by atoms with Gasteiger partial charge in [-0.3, -0.25) is 14.3 Å². The molecule has 0 aromatic carbocycles. The maximum absolute atomic E-state index is 11.6. The molecule has 0 atom stereocenters. The van der Waals surface area contributed by atoms with Crippen molar-refractivity contribution < 1.29 is 9.90 Å². The number of carboxylic acids is 1. The van der Waals surface area contributed by atoms with Crippen LogP contribution in [0.1, 0.15) is 23.8 Å². The topological polar surface area (TPSA) is 105 Å². The maximum Gasteiger partial charge on any atom is 0.354 e. The maximum atomic E-state index is 11.6. The third kappa shape index (κ3) is 1.90. The van der Waals surface area contributed by atoms with Crippen LogP contribution in [0.4, 0.5) is 0 Å². The number of H-pyrrole nitrogens is 1. The predicted molar refractivity (Wildman–Crippen MR) is 63.9 cm³/mol. The van der Waals surface area contributed by atoms with Crippen molar-refractivity contribution in [1.29, 1.82) is 0 Å². The monoisotopic (exact) mass is 249 g/mol. The molecule has 2 heterocycles. The van der Waals surface area contributed by atoms with E-state index in [0.29, 0.717) is 13.0 Å². The molecule has 94 valence electrons. The summed E-state index contributed by atoms with van der Waals surface area (Å²) in [6.45, 7) is 2.23. The third-order valence-electron chi connectivity index (χ3n) is 2.51. The zero-order valence-corrected chi connectivity index (χ0v) is 9.64. The lowest BCUT2D eigenvalue weighted by Gasteiger charge is -2.07. The minimum Gasteiger partial charge on any atom is -0.477 e. The van der Waals surface area contributed by atoms with Gasteiger partial charge in [-0.1, -0.05) is 6.92 Å². The number of aromatic amines is 1. The molecular formula is C11H11N3O4. The van der Waals surface area contributed by atoms with Gasteiger partial charge in [0, 0.05) is 6.54 Å². The average molecular weight is 249 g/mol. The van der Waals surface area contributed by atoms with Crippen molar-refractivity contribution in [3.8, 4) is 0 Å². The van der Waals surface area contributed by atoms with Crippen LogP contribution in [0, 0.1) is 0 Å². The van der Waals surface area contributed by atoms with Crippen molar-refractivity contribution in [2.24, 2.45) is 0 Å². The summed E-state index contributed by atoms with van der Waals surface area (Å²) in [4.78, 5) is 40.1. The molecule has 18 heavy (non-hydrogen) atoms. The Labute approximate surface area is 101 Å². The highest BCUT2D eigenvalue weighted by Crippen LogP contribution is 2.07. The number of aromatic nitrogens is 3. The Morgan fingerprint density at radius 2 is 2.17 bits per heavy atom. The molecule has 2 aromatic rings. The summed E-state index contributed by atoms with van der Waals surface area (Å²) in [6, 6.07) is 2.59. The number of rotatable bonds is 3. The number of aryl methyl sites for hydroxylation is 1. The molecule has 0 amide bonds. The molecule has 0 saturated heterocycles. The molecule has 2 rings (SSSR count). The first kappa shape index (κ1) is 12.0. The van der Waals surface area contributed by atoms with Gasteiger partial charge < -0.3 is 5.11 Å². The van der Waals surface area contributed by atoms with Crippen molar-refractivity contribution in [1.82, 2.24) is 14.5 Å². The Balaban J connectivity index is 2.88. The summed E-state index contributed by atoms with van der Waals surface area (Å²) < 4.78 is 1.27. The van der Waals surface area contributed by atoms with E-state index in [9.17, 15) is 14.4 Å². The Hall–Kier alpha value is -2.44. The SMILES string of the molecule is CCCn1c(=O)[nH]c(=O)c2ccc(C(=O)O)nc21. The third-order valence-corrected chi connectivity index (χ3v) is 2.51. The molecule has 0 radical (unpaired) electrons. The number of hydrogen-bond acceptors (Lipinski definition) is 4. The standard InChI is InChI=1S/C11H11N3O4/c1-2-5-14-8-6(9(15)13-11(14)18)3-4-7(12-8)10(16)17/h3-4H,2,5H2,1H3,(H,16,17)(H,13,15,18). The number of nitrogens with zero attached hydrogens (tertiary/aromatic N) is 2. The first-order valence-corrected chi connectivity index (χ1v) is 5.41. The van der Waals surface area contributed by atoms with Gasteiger partial charge in [0.25, 0.3) is 5.56 Å². The fourth-order valence-electron chi connectivity index (χ4n) is 1.71. The molecule has 7 heteroatoms. The van der Waals surface area contributed by atoms with Crippen LogP contribution in [0.15, 0.2) is 21.7 Å². The lowest BCUT2D eigenvalue weighted by atomic mass is 10.3. The summed E-state index contributed by atoms with van der Waals surface area (Å²) in [5, 5.41) is 9.07. The van der Waals surface area contributed by atoms with E-state index in [1.807, 2.05) is 6.92 Å². The molecule has 0 aliphatic carbocycles. The van der Waals surface area contributed by atoms with E-state index in [0.717, 1.165) is 0 Å². The molecule has 2 N–H and O–H groups in total. The zero-order chi connectivity index (χ0) is 13.3. The number of fused-ring (bicyclic) bond motifs is 1. The van der Waals surface area contributed by atoms with Crippen LogP contribution in [0.25, 0.3) is 11.0 Å². The van der Waals surface area contributed by atoms with Crippen LogP contribution in [0.2, 0.25) is 0 Å².